The fraction of sp³-hybridized carbons (Fsp3) is 0.296. The van der Waals surface area contributed by atoms with Crippen LogP contribution in [0.2, 0.25) is 0 Å². The Bertz CT molecular complexity index is 1450. The van der Waals surface area contributed by atoms with Crippen molar-refractivity contribution in [3.05, 3.63) is 71.9 Å². The first-order chi connectivity index (χ1) is 17.5. The van der Waals surface area contributed by atoms with E-state index in [-0.39, 0.29) is 23.7 Å². The second-order valence-electron chi connectivity index (χ2n) is 9.53. The van der Waals surface area contributed by atoms with Crippen LogP contribution in [0.15, 0.2) is 55.0 Å². The van der Waals surface area contributed by atoms with Crippen LogP contribution in [0, 0.1) is 11.7 Å². The number of pyridine rings is 2. The molecule has 2 aliphatic heterocycles. The number of rotatable bonds is 5. The van der Waals surface area contributed by atoms with Crippen molar-refractivity contribution in [3.8, 4) is 11.3 Å². The number of nitrogens with one attached hydrogen (secondary N) is 2. The quantitative estimate of drug-likeness (QED) is 0.393. The molecule has 2 atom stereocenters. The summed E-state index contributed by atoms with van der Waals surface area (Å²) in [7, 11) is 0. The van der Waals surface area contributed by atoms with Crippen LogP contribution < -0.4 is 15.5 Å². The number of carbonyl (C=O) groups excluding carboxylic acids is 1. The monoisotopic (exact) mass is 486 g/mol. The maximum atomic E-state index is 13.6. The summed E-state index contributed by atoms with van der Waals surface area (Å²) in [5.74, 6) is 0.414. The number of aliphatic hydroxyl groups excluding tert-OH is 1. The highest BCUT2D eigenvalue weighted by molar-refractivity contribution is 6.06. The number of hydrogen-bond acceptors (Lipinski definition) is 6. The van der Waals surface area contributed by atoms with E-state index in [1.165, 1.54) is 12.1 Å². The number of anilines is 3. The lowest BCUT2D eigenvalue weighted by Crippen LogP contribution is -2.39. The molecule has 1 unspecified atom stereocenters. The molecule has 3 aromatic heterocycles. The average molecular weight is 487 g/mol. The van der Waals surface area contributed by atoms with Crippen LogP contribution in [-0.4, -0.2) is 44.6 Å². The van der Waals surface area contributed by atoms with Crippen molar-refractivity contribution < 1.29 is 14.3 Å². The van der Waals surface area contributed by atoms with Gasteiger partial charge in [-0.15, -0.1) is 0 Å². The van der Waals surface area contributed by atoms with Gasteiger partial charge in [-0.25, -0.2) is 14.4 Å². The number of aromatic nitrogens is 3. The zero-order valence-corrected chi connectivity index (χ0v) is 19.9. The largest absolute Gasteiger partial charge is 0.393 e. The molecule has 0 aliphatic carbocycles. The van der Waals surface area contributed by atoms with Crippen LogP contribution >= 0.6 is 0 Å². The summed E-state index contributed by atoms with van der Waals surface area (Å²) in [6, 6.07) is 10.5. The average Bonchev–Trinajstić information content (AvgIpc) is 3.48. The maximum Gasteiger partial charge on any atom is 0.254 e. The zero-order chi connectivity index (χ0) is 24.8. The SMILES string of the molecule is CC(O)[C@@H]1CCCN(c2ccc(Nc3ccc(-c4cnc5cc(F)ccn45)c4c3C(=O)NC4)nc2)C1. The summed E-state index contributed by atoms with van der Waals surface area (Å²) in [4.78, 5) is 24.0. The molecule has 8 nitrogen and oxygen atoms in total. The van der Waals surface area contributed by atoms with Crippen molar-refractivity contribution in [2.45, 2.75) is 32.4 Å². The third-order valence-corrected chi connectivity index (χ3v) is 7.23. The van der Waals surface area contributed by atoms with Crippen LogP contribution in [-0.2, 0) is 6.54 Å². The molecule has 5 heterocycles. The molecular formula is C27H27FN6O2. The number of nitrogens with zero attached hydrogens (tertiary/aromatic N) is 4. The minimum absolute atomic E-state index is 0.150. The molecule has 4 aromatic rings. The molecule has 0 spiro atoms. The van der Waals surface area contributed by atoms with Gasteiger partial charge in [0.05, 0.1) is 41.1 Å². The number of benzene rings is 1. The van der Waals surface area contributed by atoms with Crippen LogP contribution in [0.3, 0.4) is 0 Å². The van der Waals surface area contributed by atoms with E-state index in [9.17, 15) is 14.3 Å². The Labute approximate surface area is 207 Å². The molecule has 0 bridgehead atoms. The number of amides is 1. The van der Waals surface area contributed by atoms with Gasteiger partial charge in [0.25, 0.3) is 5.91 Å². The van der Waals surface area contributed by atoms with Crippen molar-refractivity contribution in [1.29, 1.82) is 0 Å². The van der Waals surface area contributed by atoms with Crippen molar-refractivity contribution >= 4 is 28.7 Å². The van der Waals surface area contributed by atoms with E-state index in [1.54, 1.807) is 12.4 Å². The predicted octanol–water partition coefficient (Wildman–Crippen LogP) is 4.12. The number of imidazole rings is 1. The standard InChI is InChI=1S/C27H27FN6O2/c1-16(35)17-3-2-9-33(15-17)19-4-7-24(29-12-19)32-22-6-5-20(21-13-31-27(36)26(21)22)23-14-30-25-11-18(28)8-10-34(23)25/h4-8,10-12,14,16-17,35H,2-3,9,13,15H2,1H3,(H,29,32)(H,31,36)/t16?,17-/m1/s1. The van der Waals surface area contributed by atoms with Gasteiger partial charge in [-0.1, -0.05) is 6.07 Å². The third kappa shape index (κ3) is 3.95. The highest BCUT2D eigenvalue weighted by Crippen LogP contribution is 2.35. The Morgan fingerprint density at radius 1 is 1.19 bits per heavy atom. The van der Waals surface area contributed by atoms with Gasteiger partial charge in [0, 0.05) is 43.4 Å². The Morgan fingerprint density at radius 3 is 2.89 bits per heavy atom. The molecule has 184 valence electrons. The van der Waals surface area contributed by atoms with Crippen LogP contribution in [0.5, 0.6) is 0 Å². The first kappa shape index (κ1) is 22.5. The van der Waals surface area contributed by atoms with Gasteiger partial charge in [-0.2, -0.15) is 0 Å². The van der Waals surface area contributed by atoms with E-state index in [0.717, 1.165) is 48.4 Å². The molecule has 6 rings (SSSR count). The topological polar surface area (TPSA) is 94.8 Å². The van der Waals surface area contributed by atoms with Gasteiger partial charge < -0.3 is 20.6 Å². The van der Waals surface area contributed by atoms with E-state index < -0.39 is 0 Å². The molecule has 3 N–H and O–H groups in total. The maximum absolute atomic E-state index is 13.6. The molecule has 36 heavy (non-hydrogen) atoms. The summed E-state index contributed by atoms with van der Waals surface area (Å²) in [5, 5.41) is 16.2. The summed E-state index contributed by atoms with van der Waals surface area (Å²) >= 11 is 0. The van der Waals surface area contributed by atoms with E-state index in [2.05, 4.69) is 25.5 Å². The number of fused-ring (bicyclic) bond motifs is 2. The Morgan fingerprint density at radius 2 is 2.08 bits per heavy atom. The number of aliphatic hydroxyl groups is 1. The van der Waals surface area contributed by atoms with Crippen LogP contribution in [0.4, 0.5) is 21.6 Å². The molecule has 2 aliphatic rings. The van der Waals surface area contributed by atoms with E-state index in [4.69, 9.17) is 0 Å². The minimum Gasteiger partial charge on any atom is -0.393 e. The van der Waals surface area contributed by atoms with E-state index in [0.29, 0.717) is 29.3 Å². The molecular weight excluding hydrogens is 459 g/mol. The molecule has 9 heteroatoms. The summed E-state index contributed by atoms with van der Waals surface area (Å²) in [6.07, 6.45) is 6.94. The second-order valence-corrected chi connectivity index (χ2v) is 9.53. The van der Waals surface area contributed by atoms with E-state index >= 15 is 0 Å². The van der Waals surface area contributed by atoms with Crippen LogP contribution in [0.1, 0.15) is 35.7 Å². The van der Waals surface area contributed by atoms with Gasteiger partial charge in [0.15, 0.2) is 0 Å². The van der Waals surface area contributed by atoms with Gasteiger partial charge >= 0.3 is 0 Å². The smallest absolute Gasteiger partial charge is 0.254 e. The van der Waals surface area contributed by atoms with E-state index in [1.807, 2.05) is 41.8 Å². The Kier molecular flexibility index (Phi) is 5.56. The molecule has 1 amide bonds. The molecule has 1 fully saturated rings. The Balaban J connectivity index is 1.28. The number of carbonyl (C=O) groups is 1. The summed E-state index contributed by atoms with van der Waals surface area (Å²) in [5.41, 5.74) is 5.31. The zero-order valence-electron chi connectivity index (χ0n) is 19.9. The third-order valence-electron chi connectivity index (χ3n) is 7.23. The Hall–Kier alpha value is -3.98. The lowest BCUT2D eigenvalue weighted by atomic mass is 9.93. The first-order valence-corrected chi connectivity index (χ1v) is 12.2. The van der Waals surface area contributed by atoms with Crippen molar-refractivity contribution in [3.63, 3.8) is 0 Å². The van der Waals surface area contributed by atoms with Crippen molar-refractivity contribution in [2.75, 3.05) is 23.3 Å². The minimum atomic E-state index is -0.345. The van der Waals surface area contributed by atoms with Gasteiger partial charge in [-0.3, -0.25) is 9.20 Å². The molecule has 0 radical (unpaired) electrons. The highest BCUT2D eigenvalue weighted by Gasteiger charge is 2.28. The molecule has 1 aromatic carbocycles. The van der Waals surface area contributed by atoms with Crippen molar-refractivity contribution in [2.24, 2.45) is 5.92 Å². The lowest BCUT2D eigenvalue weighted by Gasteiger charge is -2.35. The number of piperidine rings is 1. The van der Waals surface area contributed by atoms with Gasteiger partial charge in [0.1, 0.15) is 17.3 Å². The van der Waals surface area contributed by atoms with Crippen molar-refractivity contribution in [1.82, 2.24) is 19.7 Å². The number of halogens is 1. The summed E-state index contributed by atoms with van der Waals surface area (Å²) < 4.78 is 15.4. The second kappa shape index (κ2) is 8.91. The lowest BCUT2D eigenvalue weighted by molar-refractivity contribution is 0.0966. The van der Waals surface area contributed by atoms with Crippen LogP contribution in [0.25, 0.3) is 16.9 Å². The fourth-order valence-electron chi connectivity index (χ4n) is 5.27. The van der Waals surface area contributed by atoms with Gasteiger partial charge in [-0.05, 0) is 49.6 Å². The fourth-order valence-corrected chi connectivity index (χ4v) is 5.27. The first-order valence-electron chi connectivity index (χ1n) is 12.2. The normalized spacial score (nSPS) is 18.2. The summed E-state index contributed by atoms with van der Waals surface area (Å²) in [6.45, 7) is 4.02. The molecule has 0 saturated carbocycles. The van der Waals surface area contributed by atoms with Gasteiger partial charge in [0.2, 0.25) is 0 Å². The highest BCUT2D eigenvalue weighted by atomic mass is 19.1. The molecule has 1 saturated heterocycles. The number of hydrogen-bond donors (Lipinski definition) is 3. The predicted molar refractivity (Wildman–Crippen MR) is 136 cm³/mol.